The molecule has 5 heteroatoms. The number of rotatable bonds is 4. The van der Waals surface area contributed by atoms with Crippen molar-refractivity contribution in [3.05, 3.63) is 18.0 Å². The molecule has 0 spiro atoms. The molecule has 0 saturated heterocycles. The molecule has 1 heterocycles. The number of nitrogens with zero attached hydrogens (tertiary/aromatic N) is 1. The van der Waals surface area contributed by atoms with Crippen LogP contribution in [0.15, 0.2) is 12.4 Å². The van der Waals surface area contributed by atoms with Gasteiger partial charge in [0.1, 0.15) is 0 Å². The highest BCUT2D eigenvalue weighted by Crippen LogP contribution is 2.21. The molecule has 5 nitrogen and oxygen atoms in total. The smallest absolute Gasteiger partial charge is 0.254 e. The first kappa shape index (κ1) is 12.7. The number of aromatic amines is 1. The molecule has 0 aliphatic rings. The van der Waals surface area contributed by atoms with E-state index in [1.54, 1.807) is 6.20 Å². The third-order valence-corrected chi connectivity index (χ3v) is 2.57. The van der Waals surface area contributed by atoms with Crippen molar-refractivity contribution in [2.45, 2.75) is 33.2 Å². The van der Waals surface area contributed by atoms with Gasteiger partial charge in [0.25, 0.3) is 5.91 Å². The van der Waals surface area contributed by atoms with E-state index in [-0.39, 0.29) is 17.4 Å². The van der Waals surface area contributed by atoms with Crippen LogP contribution in [0.5, 0.6) is 0 Å². The average Bonchev–Trinajstić information content (AvgIpc) is 2.68. The number of aromatic nitrogens is 2. The fourth-order valence-corrected chi connectivity index (χ4v) is 1.50. The number of H-pyrrole nitrogens is 1. The van der Waals surface area contributed by atoms with E-state index in [0.717, 1.165) is 6.42 Å². The Balaban J connectivity index is 2.66. The molecular weight excluding hydrogens is 204 g/mol. The third-order valence-electron chi connectivity index (χ3n) is 2.57. The molecule has 1 aromatic rings. The maximum absolute atomic E-state index is 11.8. The van der Waals surface area contributed by atoms with Gasteiger partial charge in [0.2, 0.25) is 0 Å². The molecule has 0 radical (unpaired) electrons. The number of nitrogens with one attached hydrogen (secondary N) is 2. The standard InChI is InChI=1S/C11H20N4O/c1-11(2,3)9(4-5-12)15-10(16)8-6-13-14-7-8/h6-7,9H,4-5,12H2,1-3H3,(H,13,14)(H,15,16). The molecule has 90 valence electrons. The highest BCUT2D eigenvalue weighted by molar-refractivity contribution is 5.93. The van der Waals surface area contributed by atoms with Crippen molar-refractivity contribution >= 4 is 5.91 Å². The molecule has 1 aromatic heterocycles. The highest BCUT2D eigenvalue weighted by Gasteiger charge is 2.25. The first-order chi connectivity index (χ1) is 7.45. The van der Waals surface area contributed by atoms with E-state index in [4.69, 9.17) is 5.73 Å². The lowest BCUT2D eigenvalue weighted by atomic mass is 9.84. The predicted octanol–water partition coefficient (Wildman–Crippen LogP) is 0.903. The molecule has 0 aliphatic heterocycles. The van der Waals surface area contributed by atoms with Crippen LogP contribution in [0.4, 0.5) is 0 Å². The van der Waals surface area contributed by atoms with Crippen LogP contribution in [0.25, 0.3) is 0 Å². The average molecular weight is 224 g/mol. The summed E-state index contributed by atoms with van der Waals surface area (Å²) in [5.41, 5.74) is 6.10. The van der Waals surface area contributed by atoms with Gasteiger partial charge in [-0.15, -0.1) is 0 Å². The molecule has 4 N–H and O–H groups in total. The molecule has 0 fully saturated rings. The van der Waals surface area contributed by atoms with Gasteiger partial charge in [-0.05, 0) is 18.4 Å². The van der Waals surface area contributed by atoms with E-state index >= 15 is 0 Å². The molecule has 0 aromatic carbocycles. The largest absolute Gasteiger partial charge is 0.349 e. The zero-order valence-electron chi connectivity index (χ0n) is 10.1. The van der Waals surface area contributed by atoms with Crippen LogP contribution in [0, 0.1) is 5.41 Å². The predicted molar refractivity (Wildman–Crippen MR) is 63.0 cm³/mol. The van der Waals surface area contributed by atoms with Crippen LogP contribution in [-0.2, 0) is 0 Å². The molecule has 0 aliphatic carbocycles. The fourth-order valence-electron chi connectivity index (χ4n) is 1.50. The zero-order valence-corrected chi connectivity index (χ0v) is 10.1. The Bertz CT molecular complexity index is 326. The second-order valence-electron chi connectivity index (χ2n) is 4.96. The molecule has 1 rings (SSSR count). The summed E-state index contributed by atoms with van der Waals surface area (Å²) < 4.78 is 0. The molecule has 1 atom stereocenters. The lowest BCUT2D eigenvalue weighted by molar-refractivity contribution is 0.0899. The molecule has 1 amide bonds. The minimum Gasteiger partial charge on any atom is -0.349 e. The van der Waals surface area contributed by atoms with Crippen molar-refractivity contribution in [2.75, 3.05) is 6.54 Å². The number of hydrogen-bond donors (Lipinski definition) is 3. The van der Waals surface area contributed by atoms with E-state index in [0.29, 0.717) is 12.1 Å². The van der Waals surface area contributed by atoms with Gasteiger partial charge < -0.3 is 11.1 Å². The van der Waals surface area contributed by atoms with Crippen LogP contribution >= 0.6 is 0 Å². The van der Waals surface area contributed by atoms with Crippen LogP contribution in [-0.4, -0.2) is 28.7 Å². The number of carbonyl (C=O) groups excluding carboxylic acids is 1. The van der Waals surface area contributed by atoms with Gasteiger partial charge in [-0.2, -0.15) is 5.10 Å². The number of hydrogen-bond acceptors (Lipinski definition) is 3. The van der Waals surface area contributed by atoms with Crippen molar-refractivity contribution in [1.82, 2.24) is 15.5 Å². The van der Waals surface area contributed by atoms with Crippen molar-refractivity contribution in [3.63, 3.8) is 0 Å². The van der Waals surface area contributed by atoms with Crippen LogP contribution in [0.2, 0.25) is 0 Å². The maximum Gasteiger partial charge on any atom is 0.254 e. The fraction of sp³-hybridized carbons (Fsp3) is 0.636. The van der Waals surface area contributed by atoms with Gasteiger partial charge in [0.15, 0.2) is 0 Å². The summed E-state index contributed by atoms with van der Waals surface area (Å²) in [5, 5.41) is 9.35. The Morgan fingerprint density at radius 3 is 2.75 bits per heavy atom. The van der Waals surface area contributed by atoms with Crippen molar-refractivity contribution in [2.24, 2.45) is 11.1 Å². The highest BCUT2D eigenvalue weighted by atomic mass is 16.1. The lowest BCUT2D eigenvalue weighted by Crippen LogP contribution is -2.44. The SMILES string of the molecule is CC(C)(C)C(CCN)NC(=O)c1cn[nH]c1. The Hall–Kier alpha value is -1.36. The van der Waals surface area contributed by atoms with Crippen molar-refractivity contribution in [3.8, 4) is 0 Å². The van der Waals surface area contributed by atoms with Crippen LogP contribution in [0.3, 0.4) is 0 Å². The summed E-state index contributed by atoms with van der Waals surface area (Å²) in [7, 11) is 0. The Morgan fingerprint density at radius 1 is 1.62 bits per heavy atom. The van der Waals surface area contributed by atoms with E-state index in [2.05, 4.69) is 36.3 Å². The van der Waals surface area contributed by atoms with Gasteiger partial charge in [0.05, 0.1) is 11.8 Å². The van der Waals surface area contributed by atoms with Crippen LogP contribution < -0.4 is 11.1 Å². The molecule has 0 saturated carbocycles. The van der Waals surface area contributed by atoms with Gasteiger partial charge in [-0.1, -0.05) is 20.8 Å². The summed E-state index contributed by atoms with van der Waals surface area (Å²) in [6, 6.07) is 0.0694. The summed E-state index contributed by atoms with van der Waals surface area (Å²) in [6.45, 7) is 6.82. The zero-order chi connectivity index (χ0) is 12.2. The van der Waals surface area contributed by atoms with E-state index in [1.807, 2.05) is 0 Å². The van der Waals surface area contributed by atoms with Crippen LogP contribution in [0.1, 0.15) is 37.6 Å². The Morgan fingerprint density at radius 2 is 2.31 bits per heavy atom. The minimum atomic E-state index is -0.109. The number of nitrogens with two attached hydrogens (primary N) is 1. The molecular formula is C11H20N4O. The molecule has 1 unspecified atom stereocenters. The summed E-state index contributed by atoms with van der Waals surface area (Å²) >= 11 is 0. The lowest BCUT2D eigenvalue weighted by Gasteiger charge is -2.31. The number of amides is 1. The van der Waals surface area contributed by atoms with E-state index in [9.17, 15) is 4.79 Å². The summed E-state index contributed by atoms with van der Waals surface area (Å²) in [4.78, 5) is 11.8. The monoisotopic (exact) mass is 224 g/mol. The molecule has 16 heavy (non-hydrogen) atoms. The minimum absolute atomic E-state index is 0.00122. The third kappa shape index (κ3) is 3.34. The first-order valence-electron chi connectivity index (χ1n) is 5.45. The quantitative estimate of drug-likeness (QED) is 0.710. The van der Waals surface area contributed by atoms with E-state index < -0.39 is 0 Å². The van der Waals surface area contributed by atoms with E-state index in [1.165, 1.54) is 6.20 Å². The van der Waals surface area contributed by atoms with Gasteiger partial charge in [0, 0.05) is 12.2 Å². The van der Waals surface area contributed by atoms with Gasteiger partial charge in [-0.3, -0.25) is 9.89 Å². The number of carbonyl (C=O) groups is 1. The maximum atomic E-state index is 11.8. The molecule has 0 bridgehead atoms. The van der Waals surface area contributed by atoms with Gasteiger partial charge in [-0.25, -0.2) is 0 Å². The topological polar surface area (TPSA) is 83.8 Å². The Labute approximate surface area is 95.8 Å². The normalized spacial score (nSPS) is 13.5. The summed E-state index contributed by atoms with van der Waals surface area (Å²) in [6.07, 6.45) is 3.86. The first-order valence-corrected chi connectivity index (χ1v) is 5.45. The summed E-state index contributed by atoms with van der Waals surface area (Å²) in [5.74, 6) is -0.109. The van der Waals surface area contributed by atoms with Crippen molar-refractivity contribution < 1.29 is 4.79 Å². The Kier molecular flexibility index (Phi) is 4.06. The van der Waals surface area contributed by atoms with Crippen molar-refractivity contribution in [1.29, 1.82) is 0 Å². The second-order valence-corrected chi connectivity index (χ2v) is 4.96. The second kappa shape index (κ2) is 5.12. The van der Waals surface area contributed by atoms with Gasteiger partial charge >= 0.3 is 0 Å².